The molecule has 120 valence electrons. The third-order valence-corrected chi connectivity index (χ3v) is 3.21. The van der Waals surface area contributed by atoms with Crippen LogP contribution in [0.15, 0.2) is 42.5 Å². The SMILES string of the molecule is CCOc1ccc(/C=C(\C(=O)O)c2ccc(O)cc2)cc1OC. The fourth-order valence-electron chi connectivity index (χ4n) is 2.12. The number of carbonyl (C=O) groups is 1. The van der Waals surface area contributed by atoms with Crippen molar-refractivity contribution in [1.29, 1.82) is 0 Å². The number of phenolic OH excluding ortho intramolecular Hbond substituents is 1. The van der Waals surface area contributed by atoms with Crippen LogP contribution < -0.4 is 9.47 Å². The van der Waals surface area contributed by atoms with Gasteiger partial charge in [0.25, 0.3) is 0 Å². The molecule has 2 rings (SSSR count). The van der Waals surface area contributed by atoms with Gasteiger partial charge in [-0.2, -0.15) is 0 Å². The molecule has 0 amide bonds. The summed E-state index contributed by atoms with van der Waals surface area (Å²) in [6.07, 6.45) is 1.55. The number of rotatable bonds is 6. The Kier molecular flexibility index (Phi) is 5.25. The van der Waals surface area contributed by atoms with Gasteiger partial charge in [-0.05, 0) is 48.4 Å². The first-order chi connectivity index (χ1) is 11.0. The maximum absolute atomic E-state index is 11.5. The molecule has 0 aliphatic rings. The highest BCUT2D eigenvalue weighted by molar-refractivity contribution is 6.20. The lowest BCUT2D eigenvalue weighted by Crippen LogP contribution is -2.00. The molecule has 0 fully saturated rings. The molecule has 23 heavy (non-hydrogen) atoms. The number of methoxy groups -OCH3 is 1. The second-order valence-electron chi connectivity index (χ2n) is 4.75. The number of benzene rings is 2. The average Bonchev–Trinajstić information content (AvgIpc) is 2.54. The zero-order chi connectivity index (χ0) is 16.8. The van der Waals surface area contributed by atoms with Crippen LogP contribution in [0.25, 0.3) is 11.6 Å². The van der Waals surface area contributed by atoms with E-state index in [0.717, 1.165) is 0 Å². The molecule has 0 bridgehead atoms. The van der Waals surface area contributed by atoms with Gasteiger partial charge in [0.1, 0.15) is 5.75 Å². The number of hydrogen-bond donors (Lipinski definition) is 2. The molecule has 0 radical (unpaired) electrons. The van der Waals surface area contributed by atoms with E-state index in [1.165, 1.54) is 19.2 Å². The van der Waals surface area contributed by atoms with Crippen LogP contribution in [0.3, 0.4) is 0 Å². The lowest BCUT2D eigenvalue weighted by Gasteiger charge is -2.10. The number of carboxylic acids is 1. The molecule has 2 aromatic rings. The lowest BCUT2D eigenvalue weighted by atomic mass is 10.0. The van der Waals surface area contributed by atoms with E-state index in [9.17, 15) is 15.0 Å². The van der Waals surface area contributed by atoms with Crippen LogP contribution in [0.4, 0.5) is 0 Å². The van der Waals surface area contributed by atoms with E-state index >= 15 is 0 Å². The minimum Gasteiger partial charge on any atom is -0.508 e. The number of aromatic hydroxyl groups is 1. The number of hydrogen-bond acceptors (Lipinski definition) is 4. The van der Waals surface area contributed by atoms with Crippen molar-refractivity contribution < 1.29 is 24.5 Å². The van der Waals surface area contributed by atoms with E-state index in [-0.39, 0.29) is 11.3 Å². The van der Waals surface area contributed by atoms with Crippen LogP contribution in [0, 0.1) is 0 Å². The van der Waals surface area contributed by atoms with Crippen LogP contribution in [-0.2, 0) is 4.79 Å². The maximum Gasteiger partial charge on any atom is 0.336 e. The quantitative estimate of drug-likeness (QED) is 0.631. The molecule has 0 aromatic heterocycles. The smallest absolute Gasteiger partial charge is 0.336 e. The second kappa shape index (κ2) is 7.35. The summed E-state index contributed by atoms with van der Waals surface area (Å²) in [6, 6.07) is 11.2. The van der Waals surface area contributed by atoms with E-state index in [0.29, 0.717) is 29.2 Å². The second-order valence-corrected chi connectivity index (χ2v) is 4.75. The third kappa shape index (κ3) is 4.03. The summed E-state index contributed by atoms with van der Waals surface area (Å²) < 4.78 is 10.7. The van der Waals surface area contributed by atoms with Crippen molar-refractivity contribution in [3.8, 4) is 17.2 Å². The Morgan fingerprint density at radius 1 is 1.13 bits per heavy atom. The molecule has 0 unspecified atom stereocenters. The molecule has 0 spiro atoms. The number of aliphatic carboxylic acids is 1. The molecule has 2 aromatic carbocycles. The first-order valence-corrected chi connectivity index (χ1v) is 7.10. The zero-order valence-electron chi connectivity index (χ0n) is 12.9. The predicted molar refractivity (Wildman–Crippen MR) is 87.8 cm³/mol. The number of phenols is 1. The summed E-state index contributed by atoms with van der Waals surface area (Å²) in [6.45, 7) is 2.39. The van der Waals surface area contributed by atoms with Crippen LogP contribution in [0.5, 0.6) is 17.2 Å². The van der Waals surface area contributed by atoms with Crippen molar-refractivity contribution in [2.75, 3.05) is 13.7 Å². The van der Waals surface area contributed by atoms with Gasteiger partial charge in [-0.1, -0.05) is 18.2 Å². The molecular weight excluding hydrogens is 296 g/mol. The topological polar surface area (TPSA) is 76.0 Å². The Labute approximate surface area is 134 Å². The molecule has 0 atom stereocenters. The minimum absolute atomic E-state index is 0.0845. The van der Waals surface area contributed by atoms with Crippen molar-refractivity contribution in [1.82, 2.24) is 0 Å². The van der Waals surface area contributed by atoms with Crippen LogP contribution in [-0.4, -0.2) is 29.9 Å². The highest BCUT2D eigenvalue weighted by atomic mass is 16.5. The third-order valence-electron chi connectivity index (χ3n) is 3.21. The Morgan fingerprint density at radius 3 is 2.39 bits per heavy atom. The van der Waals surface area contributed by atoms with Gasteiger partial charge in [-0.25, -0.2) is 4.79 Å². The highest BCUT2D eigenvalue weighted by Crippen LogP contribution is 2.30. The van der Waals surface area contributed by atoms with Crippen LogP contribution in [0.2, 0.25) is 0 Å². The van der Waals surface area contributed by atoms with Gasteiger partial charge in [0.15, 0.2) is 11.5 Å². The largest absolute Gasteiger partial charge is 0.508 e. The molecule has 0 saturated heterocycles. The molecular formula is C18H18O5. The van der Waals surface area contributed by atoms with Gasteiger partial charge in [0.05, 0.1) is 19.3 Å². The van der Waals surface area contributed by atoms with Crippen molar-refractivity contribution in [2.45, 2.75) is 6.92 Å². The van der Waals surface area contributed by atoms with Gasteiger partial charge >= 0.3 is 5.97 Å². The Morgan fingerprint density at radius 2 is 1.83 bits per heavy atom. The Balaban J connectivity index is 2.43. The van der Waals surface area contributed by atoms with Crippen molar-refractivity contribution in [2.24, 2.45) is 0 Å². The summed E-state index contributed by atoms with van der Waals surface area (Å²) in [4.78, 5) is 11.5. The van der Waals surface area contributed by atoms with Crippen LogP contribution >= 0.6 is 0 Å². The van der Waals surface area contributed by atoms with Gasteiger partial charge in [0.2, 0.25) is 0 Å². The maximum atomic E-state index is 11.5. The van der Waals surface area contributed by atoms with Gasteiger partial charge in [-0.15, -0.1) is 0 Å². The van der Waals surface area contributed by atoms with E-state index in [2.05, 4.69) is 0 Å². The van der Waals surface area contributed by atoms with Crippen molar-refractivity contribution in [3.63, 3.8) is 0 Å². The first kappa shape index (κ1) is 16.4. The number of carboxylic acid groups (broad SMARTS) is 1. The average molecular weight is 314 g/mol. The fraction of sp³-hybridized carbons (Fsp3) is 0.167. The zero-order valence-corrected chi connectivity index (χ0v) is 12.9. The molecule has 5 nitrogen and oxygen atoms in total. The van der Waals surface area contributed by atoms with E-state index in [1.54, 1.807) is 36.4 Å². The van der Waals surface area contributed by atoms with E-state index in [1.807, 2.05) is 6.92 Å². The standard InChI is InChI=1S/C18H18O5/c1-3-23-16-9-4-12(11-17(16)22-2)10-15(18(20)21)13-5-7-14(19)8-6-13/h4-11,19H,3H2,1-2H3,(H,20,21)/b15-10-. The van der Waals surface area contributed by atoms with Crippen molar-refractivity contribution >= 4 is 17.6 Å². The molecule has 0 aliphatic carbocycles. The molecule has 0 saturated carbocycles. The predicted octanol–water partition coefficient (Wildman–Crippen LogP) is 3.42. The summed E-state index contributed by atoms with van der Waals surface area (Å²) in [5.41, 5.74) is 1.30. The normalized spacial score (nSPS) is 11.1. The summed E-state index contributed by atoms with van der Waals surface area (Å²) >= 11 is 0. The lowest BCUT2D eigenvalue weighted by molar-refractivity contribution is -0.130. The Bertz CT molecular complexity index is 717. The summed E-state index contributed by atoms with van der Waals surface area (Å²) in [5.74, 6) is 0.175. The molecule has 2 N–H and O–H groups in total. The number of ether oxygens (including phenoxy) is 2. The fourth-order valence-corrected chi connectivity index (χ4v) is 2.12. The molecule has 0 aliphatic heterocycles. The van der Waals surface area contributed by atoms with Crippen LogP contribution in [0.1, 0.15) is 18.1 Å². The van der Waals surface area contributed by atoms with E-state index in [4.69, 9.17) is 9.47 Å². The monoisotopic (exact) mass is 314 g/mol. The molecule has 0 heterocycles. The summed E-state index contributed by atoms with van der Waals surface area (Å²) in [5, 5.41) is 18.8. The van der Waals surface area contributed by atoms with Gasteiger partial charge in [0, 0.05) is 0 Å². The van der Waals surface area contributed by atoms with E-state index < -0.39 is 5.97 Å². The van der Waals surface area contributed by atoms with Gasteiger partial charge < -0.3 is 19.7 Å². The Hall–Kier alpha value is -2.95. The first-order valence-electron chi connectivity index (χ1n) is 7.10. The van der Waals surface area contributed by atoms with Gasteiger partial charge in [-0.3, -0.25) is 0 Å². The summed E-state index contributed by atoms with van der Waals surface area (Å²) in [7, 11) is 1.53. The molecule has 5 heteroatoms. The van der Waals surface area contributed by atoms with Crippen molar-refractivity contribution in [3.05, 3.63) is 53.6 Å². The highest BCUT2D eigenvalue weighted by Gasteiger charge is 2.12. The minimum atomic E-state index is -1.05.